The molecule has 0 spiro atoms. The third kappa shape index (κ3) is 5.83. The number of rotatable bonds is 6. The highest BCUT2D eigenvalue weighted by Crippen LogP contribution is 2.19. The van der Waals surface area contributed by atoms with Crippen molar-refractivity contribution in [3.63, 3.8) is 0 Å². The minimum atomic E-state index is -0.574. The average Bonchev–Trinajstić information content (AvgIpc) is 2.53. The van der Waals surface area contributed by atoms with Crippen LogP contribution in [0.15, 0.2) is 42.5 Å². The molecule has 2 aromatic carbocycles. The minimum Gasteiger partial charge on any atom is -0.355 e. The quantitative estimate of drug-likeness (QED) is 0.761. The first kappa shape index (κ1) is 18.2. The highest BCUT2D eigenvalue weighted by Gasteiger charge is 2.10. The molecule has 0 aliphatic heterocycles. The van der Waals surface area contributed by atoms with Gasteiger partial charge >= 0.3 is 0 Å². The normalized spacial score (nSPS) is 10.3. The van der Waals surface area contributed by atoms with E-state index in [9.17, 15) is 14.0 Å². The van der Waals surface area contributed by atoms with Gasteiger partial charge in [-0.2, -0.15) is 0 Å². The molecule has 0 radical (unpaired) electrons. The van der Waals surface area contributed by atoms with Crippen LogP contribution < -0.4 is 10.6 Å². The van der Waals surface area contributed by atoms with Gasteiger partial charge < -0.3 is 10.6 Å². The van der Waals surface area contributed by atoms with Crippen molar-refractivity contribution in [3.05, 3.63) is 63.9 Å². The molecule has 0 atom stereocenters. The summed E-state index contributed by atoms with van der Waals surface area (Å²) in [7, 11) is 0. The summed E-state index contributed by atoms with van der Waals surface area (Å²) >= 11 is 11.4. The number of hydrogen-bond donors (Lipinski definition) is 2. The predicted octanol–water partition coefficient (Wildman–Crippen LogP) is 3.82. The summed E-state index contributed by atoms with van der Waals surface area (Å²) < 4.78 is 13.0. The van der Waals surface area contributed by atoms with Crippen LogP contribution in [0.1, 0.15) is 12.0 Å². The molecule has 0 fully saturated rings. The second-order valence-electron chi connectivity index (χ2n) is 5.08. The topological polar surface area (TPSA) is 58.2 Å². The van der Waals surface area contributed by atoms with E-state index in [0.29, 0.717) is 23.7 Å². The number of carbonyl (C=O) groups excluding carboxylic acids is 2. The lowest BCUT2D eigenvalue weighted by atomic mass is 10.1. The van der Waals surface area contributed by atoms with Crippen LogP contribution in [0, 0.1) is 5.82 Å². The smallest absolute Gasteiger partial charge is 0.233 e. The second-order valence-corrected chi connectivity index (χ2v) is 5.92. The Bertz CT molecular complexity index is 736. The Balaban J connectivity index is 1.74. The molecular formula is C17H15Cl2FN2O2. The molecule has 0 aliphatic rings. The summed E-state index contributed by atoms with van der Waals surface area (Å²) in [4.78, 5) is 23.5. The van der Waals surface area contributed by atoms with Gasteiger partial charge in [0.2, 0.25) is 11.8 Å². The summed E-state index contributed by atoms with van der Waals surface area (Å²) in [5.41, 5.74) is 1.37. The lowest BCUT2D eigenvalue weighted by Crippen LogP contribution is -2.29. The van der Waals surface area contributed by atoms with E-state index in [2.05, 4.69) is 10.6 Å². The maximum Gasteiger partial charge on any atom is 0.233 e. The van der Waals surface area contributed by atoms with Crippen LogP contribution in [-0.4, -0.2) is 18.4 Å². The van der Waals surface area contributed by atoms with Crippen LogP contribution >= 0.6 is 23.2 Å². The van der Waals surface area contributed by atoms with E-state index >= 15 is 0 Å². The largest absolute Gasteiger partial charge is 0.355 e. The highest BCUT2D eigenvalue weighted by molar-refractivity contribution is 6.31. The van der Waals surface area contributed by atoms with Crippen molar-refractivity contribution >= 4 is 40.7 Å². The van der Waals surface area contributed by atoms with E-state index in [4.69, 9.17) is 23.2 Å². The van der Waals surface area contributed by atoms with Gasteiger partial charge in [0.25, 0.3) is 0 Å². The van der Waals surface area contributed by atoms with Crippen LogP contribution in [0.2, 0.25) is 10.0 Å². The molecule has 126 valence electrons. The lowest BCUT2D eigenvalue weighted by Gasteiger charge is -2.07. The summed E-state index contributed by atoms with van der Waals surface area (Å²) in [5, 5.41) is 5.71. The predicted molar refractivity (Wildman–Crippen MR) is 92.8 cm³/mol. The van der Waals surface area contributed by atoms with Gasteiger partial charge in [-0.05, 0) is 42.3 Å². The molecule has 24 heavy (non-hydrogen) atoms. The van der Waals surface area contributed by atoms with E-state index in [1.54, 1.807) is 12.1 Å². The van der Waals surface area contributed by atoms with Crippen molar-refractivity contribution in [2.45, 2.75) is 12.8 Å². The van der Waals surface area contributed by atoms with Crippen LogP contribution in [-0.2, 0) is 16.0 Å². The van der Waals surface area contributed by atoms with Crippen molar-refractivity contribution in [2.24, 2.45) is 0 Å². The molecule has 0 bridgehead atoms. The Morgan fingerprint density at radius 3 is 2.38 bits per heavy atom. The van der Waals surface area contributed by atoms with Gasteiger partial charge in [-0.3, -0.25) is 9.59 Å². The standard InChI is InChI=1S/C17H15Cl2FN2O2/c18-12-3-1-11(2-4-12)7-8-21-16(23)10-17(24)22-13-5-6-15(20)14(19)9-13/h1-6,9H,7-8,10H2,(H,21,23)(H,22,24). The average molecular weight is 369 g/mol. The fraction of sp³-hybridized carbons (Fsp3) is 0.176. The molecule has 0 heterocycles. The third-order valence-corrected chi connectivity index (χ3v) is 3.72. The number of hydrogen-bond acceptors (Lipinski definition) is 2. The Morgan fingerprint density at radius 2 is 1.71 bits per heavy atom. The van der Waals surface area contributed by atoms with E-state index in [-0.39, 0.29) is 11.4 Å². The Hall–Kier alpha value is -2.11. The monoisotopic (exact) mass is 368 g/mol. The zero-order chi connectivity index (χ0) is 17.5. The Kier molecular flexibility index (Phi) is 6.58. The van der Waals surface area contributed by atoms with Gasteiger partial charge in [-0.15, -0.1) is 0 Å². The van der Waals surface area contributed by atoms with Crippen molar-refractivity contribution in [1.82, 2.24) is 5.32 Å². The van der Waals surface area contributed by atoms with Crippen LogP contribution in [0.25, 0.3) is 0 Å². The van der Waals surface area contributed by atoms with Crippen LogP contribution in [0.3, 0.4) is 0 Å². The molecular weight excluding hydrogens is 354 g/mol. The van der Waals surface area contributed by atoms with E-state index in [0.717, 1.165) is 11.6 Å². The molecule has 4 nitrogen and oxygen atoms in total. The number of halogens is 3. The fourth-order valence-electron chi connectivity index (χ4n) is 1.98. The number of benzene rings is 2. The zero-order valence-corrected chi connectivity index (χ0v) is 14.1. The van der Waals surface area contributed by atoms with Gasteiger partial charge in [0, 0.05) is 17.3 Å². The maximum atomic E-state index is 13.0. The number of carbonyl (C=O) groups is 2. The summed E-state index contributed by atoms with van der Waals surface area (Å²) in [6.07, 6.45) is 0.313. The van der Waals surface area contributed by atoms with Crippen LogP contribution in [0.5, 0.6) is 0 Å². The van der Waals surface area contributed by atoms with Crippen LogP contribution in [0.4, 0.5) is 10.1 Å². The number of nitrogens with one attached hydrogen (secondary N) is 2. The van der Waals surface area contributed by atoms with Crippen molar-refractivity contribution in [3.8, 4) is 0 Å². The fourth-order valence-corrected chi connectivity index (χ4v) is 2.29. The van der Waals surface area contributed by atoms with Gasteiger partial charge in [0.15, 0.2) is 0 Å². The summed E-state index contributed by atoms with van der Waals surface area (Å²) in [6, 6.07) is 11.1. The van der Waals surface area contributed by atoms with Crippen molar-refractivity contribution in [2.75, 3.05) is 11.9 Å². The molecule has 0 saturated heterocycles. The highest BCUT2D eigenvalue weighted by atomic mass is 35.5. The maximum absolute atomic E-state index is 13.0. The molecule has 7 heteroatoms. The first-order valence-corrected chi connectivity index (χ1v) is 7.95. The van der Waals surface area contributed by atoms with E-state index in [1.807, 2.05) is 12.1 Å². The molecule has 2 rings (SSSR count). The Morgan fingerprint density at radius 1 is 1.00 bits per heavy atom. The first-order valence-electron chi connectivity index (χ1n) is 7.20. The third-order valence-electron chi connectivity index (χ3n) is 3.17. The molecule has 0 aliphatic carbocycles. The van der Waals surface area contributed by atoms with E-state index in [1.165, 1.54) is 12.1 Å². The number of anilines is 1. The first-order chi connectivity index (χ1) is 11.4. The molecule has 0 aromatic heterocycles. The van der Waals surface area contributed by atoms with Gasteiger partial charge in [-0.25, -0.2) is 4.39 Å². The lowest BCUT2D eigenvalue weighted by molar-refractivity contribution is -0.126. The second kappa shape index (κ2) is 8.66. The molecule has 0 unspecified atom stereocenters. The summed E-state index contributed by atoms with van der Waals surface area (Å²) in [6.45, 7) is 0.413. The molecule has 0 saturated carbocycles. The van der Waals surface area contributed by atoms with Crippen molar-refractivity contribution < 1.29 is 14.0 Å². The van der Waals surface area contributed by atoms with E-state index < -0.39 is 17.6 Å². The molecule has 2 aromatic rings. The zero-order valence-electron chi connectivity index (χ0n) is 12.6. The summed E-state index contributed by atoms with van der Waals surface area (Å²) in [5.74, 6) is -1.47. The molecule has 2 N–H and O–H groups in total. The molecule has 2 amide bonds. The van der Waals surface area contributed by atoms with Gasteiger partial charge in [0.1, 0.15) is 12.2 Å². The Labute approximate surface area is 149 Å². The van der Waals surface area contributed by atoms with Gasteiger partial charge in [0.05, 0.1) is 5.02 Å². The number of amides is 2. The minimum absolute atomic E-state index is 0.0970. The van der Waals surface area contributed by atoms with Crippen molar-refractivity contribution in [1.29, 1.82) is 0 Å². The van der Waals surface area contributed by atoms with Gasteiger partial charge in [-0.1, -0.05) is 35.3 Å². The SMILES string of the molecule is O=C(CC(=O)Nc1ccc(F)c(Cl)c1)NCCc1ccc(Cl)cc1.